The highest BCUT2D eigenvalue weighted by Crippen LogP contribution is 2.21. The summed E-state index contributed by atoms with van der Waals surface area (Å²) in [5.41, 5.74) is 0.514. The lowest BCUT2D eigenvalue weighted by Gasteiger charge is -2.27. The Bertz CT molecular complexity index is 691. The maximum Gasteiger partial charge on any atom is 0.490 e. The third kappa shape index (κ3) is 6.51. The zero-order valence-electron chi connectivity index (χ0n) is 13.6. The molecule has 2 rings (SSSR count). The van der Waals surface area contributed by atoms with Gasteiger partial charge in [-0.25, -0.2) is 9.93 Å². The van der Waals surface area contributed by atoms with Gasteiger partial charge in [-0.2, -0.15) is 26.7 Å². The molecule has 0 spiro atoms. The zero-order valence-corrected chi connectivity index (χ0v) is 14.5. The predicted molar refractivity (Wildman–Crippen MR) is 83.0 cm³/mol. The first kappa shape index (κ1) is 21.2. The van der Waals surface area contributed by atoms with E-state index in [0.717, 1.165) is 19.4 Å². The van der Waals surface area contributed by atoms with Crippen LogP contribution in [0.25, 0.3) is 0 Å². The molecule has 0 saturated carbocycles. The Labute approximate surface area is 143 Å². The number of aryl methyl sites for hydroxylation is 1. The van der Waals surface area contributed by atoms with E-state index in [4.69, 9.17) is 15.0 Å². The number of aliphatic carboxylic acids is 1. The van der Waals surface area contributed by atoms with Gasteiger partial charge in [0.1, 0.15) is 0 Å². The van der Waals surface area contributed by atoms with Crippen LogP contribution in [0.2, 0.25) is 0 Å². The van der Waals surface area contributed by atoms with Crippen molar-refractivity contribution in [3.05, 3.63) is 12.4 Å². The Balaban J connectivity index is 0.000000381. The van der Waals surface area contributed by atoms with Gasteiger partial charge in [0.2, 0.25) is 0 Å². The average Bonchev–Trinajstić information content (AvgIpc) is 3.03. The van der Waals surface area contributed by atoms with Crippen molar-refractivity contribution < 1.29 is 31.5 Å². The van der Waals surface area contributed by atoms with Crippen LogP contribution in [0, 0.1) is 0 Å². The average molecular weight is 387 g/mol. The Morgan fingerprint density at radius 3 is 2.36 bits per heavy atom. The van der Waals surface area contributed by atoms with Crippen molar-refractivity contribution in [2.24, 2.45) is 12.2 Å². The van der Waals surface area contributed by atoms with E-state index in [0.29, 0.717) is 12.2 Å². The molecule has 1 aromatic heterocycles. The van der Waals surface area contributed by atoms with Crippen LogP contribution < -0.4 is 9.44 Å². The lowest BCUT2D eigenvalue weighted by molar-refractivity contribution is -0.192. The van der Waals surface area contributed by atoms with Gasteiger partial charge in [0, 0.05) is 19.3 Å². The fourth-order valence-corrected chi connectivity index (χ4v) is 3.06. The number of likely N-dealkylation sites (tertiary alicyclic amines) is 1. The van der Waals surface area contributed by atoms with E-state index in [9.17, 15) is 21.6 Å². The van der Waals surface area contributed by atoms with Crippen molar-refractivity contribution >= 4 is 21.9 Å². The monoisotopic (exact) mass is 387 g/mol. The molecule has 25 heavy (non-hydrogen) atoms. The second kappa shape index (κ2) is 8.01. The van der Waals surface area contributed by atoms with Crippen LogP contribution in [-0.4, -0.2) is 66.5 Å². The summed E-state index contributed by atoms with van der Waals surface area (Å²) in [6.45, 7) is 1.37. The number of hydrogen-bond acceptors (Lipinski definition) is 5. The SMILES string of the molecule is CN1CCC[C@H]1CN(c1cnn(C)c1)S(N)(=O)=O.O=C(O)C(F)(F)F. The Morgan fingerprint density at radius 2 is 2.04 bits per heavy atom. The Hall–Kier alpha value is -1.86. The van der Waals surface area contributed by atoms with Crippen molar-refractivity contribution in [3.8, 4) is 0 Å². The second-order valence-corrected chi connectivity index (χ2v) is 7.00. The molecule has 1 fully saturated rings. The van der Waals surface area contributed by atoms with Crippen LogP contribution in [0.3, 0.4) is 0 Å². The molecule has 0 radical (unpaired) electrons. The van der Waals surface area contributed by atoms with E-state index < -0.39 is 22.4 Å². The first-order chi connectivity index (χ1) is 11.3. The third-order valence-corrected chi connectivity index (χ3v) is 4.55. The summed E-state index contributed by atoms with van der Waals surface area (Å²) < 4.78 is 57.9. The number of nitrogens with two attached hydrogens (primary N) is 1. The fraction of sp³-hybridized carbons (Fsp3) is 0.667. The van der Waals surface area contributed by atoms with Gasteiger partial charge in [-0.3, -0.25) is 8.99 Å². The number of nitrogens with zero attached hydrogens (tertiary/aromatic N) is 4. The number of anilines is 1. The van der Waals surface area contributed by atoms with Crippen LogP contribution in [-0.2, 0) is 22.1 Å². The van der Waals surface area contributed by atoms with Gasteiger partial charge < -0.3 is 10.0 Å². The lowest BCUT2D eigenvalue weighted by atomic mass is 10.2. The topological polar surface area (TPSA) is 122 Å². The summed E-state index contributed by atoms with van der Waals surface area (Å²) in [4.78, 5) is 11.1. The summed E-state index contributed by atoms with van der Waals surface area (Å²) in [6.07, 6.45) is 0.161. The Kier molecular flexibility index (Phi) is 6.79. The molecule has 2 heterocycles. The zero-order chi connectivity index (χ0) is 19.4. The number of hydrogen-bond donors (Lipinski definition) is 2. The highest BCUT2D eigenvalue weighted by molar-refractivity contribution is 7.90. The number of carbonyl (C=O) groups is 1. The molecule has 1 aromatic rings. The van der Waals surface area contributed by atoms with E-state index in [-0.39, 0.29) is 6.04 Å². The maximum absolute atomic E-state index is 11.7. The van der Waals surface area contributed by atoms with Gasteiger partial charge in [0.05, 0.1) is 18.4 Å². The smallest absolute Gasteiger partial charge is 0.475 e. The summed E-state index contributed by atoms with van der Waals surface area (Å²) in [6, 6.07) is 0.212. The van der Waals surface area contributed by atoms with E-state index in [1.54, 1.807) is 17.9 Å². The second-order valence-electron chi connectivity index (χ2n) is 5.53. The maximum atomic E-state index is 11.7. The molecule has 0 bridgehead atoms. The minimum atomic E-state index is -5.08. The molecule has 3 N–H and O–H groups in total. The first-order valence-corrected chi connectivity index (χ1v) is 8.62. The van der Waals surface area contributed by atoms with Crippen molar-refractivity contribution in [1.82, 2.24) is 14.7 Å². The number of aromatic nitrogens is 2. The normalized spacial score (nSPS) is 18.6. The first-order valence-electron chi connectivity index (χ1n) is 7.12. The van der Waals surface area contributed by atoms with E-state index in [1.165, 1.54) is 10.5 Å². The molecule has 144 valence electrons. The molecular formula is C12H20F3N5O4S. The van der Waals surface area contributed by atoms with Crippen molar-refractivity contribution in [3.63, 3.8) is 0 Å². The highest BCUT2D eigenvalue weighted by Gasteiger charge is 2.38. The number of alkyl halides is 3. The van der Waals surface area contributed by atoms with Crippen molar-refractivity contribution in [2.45, 2.75) is 25.1 Å². The number of halogens is 3. The molecule has 1 saturated heterocycles. The molecule has 0 amide bonds. The minimum absolute atomic E-state index is 0.212. The third-order valence-electron chi connectivity index (χ3n) is 3.58. The number of rotatable bonds is 4. The fourth-order valence-electron chi connectivity index (χ4n) is 2.29. The van der Waals surface area contributed by atoms with Crippen LogP contribution in [0.5, 0.6) is 0 Å². The summed E-state index contributed by atoms with van der Waals surface area (Å²) in [7, 11) is -0.0174. The van der Waals surface area contributed by atoms with Crippen LogP contribution >= 0.6 is 0 Å². The van der Waals surface area contributed by atoms with Crippen LogP contribution in [0.4, 0.5) is 18.9 Å². The standard InChI is InChI=1S/C10H19N5O2S.C2HF3O2/c1-13-5-3-4-9(13)8-15(18(11,16)17)10-6-12-14(2)7-10;3-2(4,5)1(6)7/h6-7,9H,3-5,8H2,1-2H3,(H2,11,16,17);(H,6,7)/t9-;/m0./s1. The molecule has 0 aromatic carbocycles. The molecule has 9 nitrogen and oxygen atoms in total. The minimum Gasteiger partial charge on any atom is -0.475 e. The van der Waals surface area contributed by atoms with Gasteiger partial charge in [-0.05, 0) is 26.4 Å². The summed E-state index contributed by atoms with van der Waals surface area (Å²) in [5, 5.41) is 16.4. The lowest BCUT2D eigenvalue weighted by Crippen LogP contribution is -2.44. The molecule has 0 aliphatic carbocycles. The number of carboxylic acids is 1. The van der Waals surface area contributed by atoms with Crippen LogP contribution in [0.15, 0.2) is 12.4 Å². The van der Waals surface area contributed by atoms with Gasteiger partial charge in [-0.1, -0.05) is 0 Å². The largest absolute Gasteiger partial charge is 0.490 e. The highest BCUT2D eigenvalue weighted by atomic mass is 32.2. The molecular weight excluding hydrogens is 367 g/mol. The van der Waals surface area contributed by atoms with E-state index >= 15 is 0 Å². The van der Waals surface area contributed by atoms with Gasteiger partial charge in [0.25, 0.3) is 10.2 Å². The summed E-state index contributed by atoms with van der Waals surface area (Å²) >= 11 is 0. The van der Waals surface area contributed by atoms with E-state index in [1.807, 2.05) is 7.05 Å². The predicted octanol–water partition coefficient (Wildman–Crippen LogP) is 0.158. The number of carboxylic acid groups (broad SMARTS) is 1. The molecule has 13 heteroatoms. The quantitative estimate of drug-likeness (QED) is 0.759. The molecule has 1 aliphatic rings. The summed E-state index contributed by atoms with van der Waals surface area (Å²) in [5.74, 6) is -2.76. The van der Waals surface area contributed by atoms with Gasteiger partial charge in [-0.15, -0.1) is 0 Å². The van der Waals surface area contributed by atoms with Gasteiger partial charge >= 0.3 is 12.1 Å². The van der Waals surface area contributed by atoms with Crippen molar-refractivity contribution in [2.75, 3.05) is 24.4 Å². The van der Waals surface area contributed by atoms with E-state index in [2.05, 4.69) is 10.00 Å². The molecule has 1 atom stereocenters. The van der Waals surface area contributed by atoms with Gasteiger partial charge in [0.15, 0.2) is 0 Å². The van der Waals surface area contributed by atoms with Crippen LogP contribution in [0.1, 0.15) is 12.8 Å². The molecule has 0 unspecified atom stereocenters. The molecule has 1 aliphatic heterocycles. The number of likely N-dealkylation sites (N-methyl/N-ethyl adjacent to an activating group) is 1. The Morgan fingerprint density at radius 1 is 1.48 bits per heavy atom. The van der Waals surface area contributed by atoms with Crippen molar-refractivity contribution in [1.29, 1.82) is 0 Å².